The normalized spacial score (nSPS) is 15.6. The van der Waals surface area contributed by atoms with Gasteiger partial charge in [0.15, 0.2) is 0 Å². The summed E-state index contributed by atoms with van der Waals surface area (Å²) >= 11 is 1.59. The monoisotopic (exact) mass is 475 g/mol. The summed E-state index contributed by atoms with van der Waals surface area (Å²) in [5, 5.41) is 12.2. The van der Waals surface area contributed by atoms with Gasteiger partial charge in [-0.05, 0) is 85.5 Å². The summed E-state index contributed by atoms with van der Waals surface area (Å²) in [6.45, 7) is 4.08. The third kappa shape index (κ3) is 5.21. The summed E-state index contributed by atoms with van der Waals surface area (Å²) in [4.78, 5) is 26.5. The molecule has 6 heteroatoms. The number of fused-ring (bicyclic) bond motifs is 1. The van der Waals surface area contributed by atoms with Crippen molar-refractivity contribution in [1.82, 2.24) is 5.32 Å². The van der Waals surface area contributed by atoms with Gasteiger partial charge in [-0.15, -0.1) is 11.3 Å². The number of carbonyl (C=O) groups is 2. The standard InChI is InChI=1S/C28H26FNO3S/c1-3-18-6-14-23-25(16-18)34-24(15-7-19-4-12-22(29)13-5-19)26(23)27(31)30-17(2)20-8-10-21(11-9-20)28(32)33/h4-5,8-13,17-18H,3,6,14,16H2,1-2H3,(H,30,31)(H,32,33)/t17-,18?/m0/s1. The number of carbonyl (C=O) groups excluding carboxylic acids is 1. The number of benzene rings is 2. The Labute approximate surface area is 202 Å². The molecule has 2 aromatic carbocycles. The highest BCUT2D eigenvalue weighted by molar-refractivity contribution is 7.13. The number of nitrogens with one attached hydrogen (secondary N) is 1. The molecule has 0 saturated carbocycles. The Hall–Kier alpha value is -3.43. The van der Waals surface area contributed by atoms with E-state index in [4.69, 9.17) is 5.11 Å². The zero-order valence-corrected chi connectivity index (χ0v) is 20.0. The van der Waals surface area contributed by atoms with Crippen molar-refractivity contribution in [1.29, 1.82) is 0 Å². The van der Waals surface area contributed by atoms with Gasteiger partial charge in [0.25, 0.3) is 5.91 Å². The second-order valence-electron chi connectivity index (χ2n) is 8.60. The van der Waals surface area contributed by atoms with Gasteiger partial charge in [0, 0.05) is 10.4 Å². The predicted molar refractivity (Wildman–Crippen MR) is 132 cm³/mol. The molecule has 34 heavy (non-hydrogen) atoms. The molecule has 174 valence electrons. The molecule has 0 aliphatic heterocycles. The molecule has 0 saturated heterocycles. The van der Waals surface area contributed by atoms with E-state index < -0.39 is 5.97 Å². The van der Waals surface area contributed by atoms with Crippen LogP contribution in [-0.2, 0) is 12.8 Å². The summed E-state index contributed by atoms with van der Waals surface area (Å²) in [5.41, 5.74) is 3.45. The van der Waals surface area contributed by atoms with Crippen LogP contribution in [0, 0.1) is 23.6 Å². The highest BCUT2D eigenvalue weighted by Gasteiger charge is 2.28. The summed E-state index contributed by atoms with van der Waals surface area (Å²) in [5.74, 6) is 5.40. The van der Waals surface area contributed by atoms with E-state index >= 15 is 0 Å². The van der Waals surface area contributed by atoms with E-state index in [1.54, 1.807) is 35.6 Å². The average molecular weight is 476 g/mol. The van der Waals surface area contributed by atoms with Gasteiger partial charge < -0.3 is 10.4 Å². The number of amides is 1. The number of hydrogen-bond donors (Lipinski definition) is 2. The number of aromatic carboxylic acids is 1. The SMILES string of the molecule is CCC1CCc2c(sc(C#Cc3ccc(F)cc3)c2C(=O)N[C@@H](C)c2ccc(C(=O)O)cc2)C1. The largest absolute Gasteiger partial charge is 0.478 e. The first-order valence-electron chi connectivity index (χ1n) is 11.4. The van der Waals surface area contributed by atoms with E-state index in [9.17, 15) is 14.0 Å². The van der Waals surface area contributed by atoms with Crippen LogP contribution >= 0.6 is 11.3 Å². The van der Waals surface area contributed by atoms with Gasteiger partial charge in [-0.1, -0.05) is 31.4 Å². The Balaban J connectivity index is 1.63. The molecule has 1 aliphatic rings. The number of halogens is 1. The molecular formula is C28H26FNO3S. The fourth-order valence-corrected chi connectivity index (χ4v) is 5.57. The van der Waals surface area contributed by atoms with Gasteiger partial charge in [0.2, 0.25) is 0 Å². The third-order valence-electron chi connectivity index (χ3n) is 6.34. The molecule has 4 nitrogen and oxygen atoms in total. The average Bonchev–Trinajstić information content (AvgIpc) is 3.21. The van der Waals surface area contributed by atoms with Gasteiger partial charge >= 0.3 is 5.97 Å². The first-order valence-corrected chi connectivity index (χ1v) is 12.2. The number of carboxylic acid groups (broad SMARTS) is 1. The molecule has 1 heterocycles. The number of rotatable bonds is 5. The lowest BCUT2D eigenvalue weighted by Crippen LogP contribution is -2.28. The van der Waals surface area contributed by atoms with Crippen molar-refractivity contribution in [2.24, 2.45) is 5.92 Å². The highest BCUT2D eigenvalue weighted by Crippen LogP contribution is 2.37. The molecule has 1 aliphatic carbocycles. The Bertz CT molecular complexity index is 1270. The van der Waals surface area contributed by atoms with Crippen LogP contribution in [0.1, 0.15) is 79.9 Å². The predicted octanol–water partition coefficient (Wildman–Crippen LogP) is 5.99. The minimum absolute atomic E-state index is 0.175. The first kappa shape index (κ1) is 23.7. The number of thiophene rings is 1. The van der Waals surface area contributed by atoms with Gasteiger partial charge in [0.1, 0.15) is 5.82 Å². The molecule has 2 N–H and O–H groups in total. The number of carboxylic acids is 1. The molecule has 3 aromatic rings. The maximum Gasteiger partial charge on any atom is 0.335 e. The van der Waals surface area contributed by atoms with Crippen LogP contribution in [0.25, 0.3) is 0 Å². The van der Waals surface area contributed by atoms with Gasteiger partial charge in [0.05, 0.1) is 22.0 Å². The van der Waals surface area contributed by atoms with Crippen molar-refractivity contribution in [3.8, 4) is 11.8 Å². The second-order valence-corrected chi connectivity index (χ2v) is 9.71. The molecule has 0 fully saturated rings. The van der Waals surface area contributed by atoms with Gasteiger partial charge in [-0.25, -0.2) is 9.18 Å². The van der Waals surface area contributed by atoms with Crippen LogP contribution in [0.2, 0.25) is 0 Å². The fourth-order valence-electron chi connectivity index (χ4n) is 4.26. The van der Waals surface area contributed by atoms with Crippen LogP contribution in [0.15, 0.2) is 48.5 Å². The molecule has 1 aromatic heterocycles. The van der Waals surface area contributed by atoms with Crippen molar-refractivity contribution in [3.05, 3.63) is 91.9 Å². The summed E-state index contributed by atoms with van der Waals surface area (Å²) in [6, 6.07) is 12.2. The maximum absolute atomic E-state index is 13.4. The maximum atomic E-state index is 13.4. The van der Waals surface area contributed by atoms with Gasteiger partial charge in [-0.2, -0.15) is 0 Å². The number of hydrogen-bond acceptors (Lipinski definition) is 3. The van der Waals surface area contributed by atoms with Crippen LogP contribution in [-0.4, -0.2) is 17.0 Å². The minimum atomic E-state index is -0.983. The lowest BCUT2D eigenvalue weighted by Gasteiger charge is -2.21. The Morgan fingerprint density at radius 2 is 1.85 bits per heavy atom. The molecule has 0 radical (unpaired) electrons. The molecule has 0 bridgehead atoms. The summed E-state index contributed by atoms with van der Waals surface area (Å²) in [7, 11) is 0. The summed E-state index contributed by atoms with van der Waals surface area (Å²) < 4.78 is 13.2. The Kier molecular flexibility index (Phi) is 7.14. The summed E-state index contributed by atoms with van der Waals surface area (Å²) in [6.07, 6.45) is 3.98. The van der Waals surface area contributed by atoms with E-state index in [1.807, 2.05) is 6.92 Å². The van der Waals surface area contributed by atoms with Crippen molar-refractivity contribution in [2.45, 2.75) is 45.6 Å². The van der Waals surface area contributed by atoms with Crippen LogP contribution in [0.5, 0.6) is 0 Å². The topological polar surface area (TPSA) is 66.4 Å². The van der Waals surface area contributed by atoms with E-state index in [2.05, 4.69) is 24.1 Å². The smallest absolute Gasteiger partial charge is 0.335 e. The van der Waals surface area contributed by atoms with Crippen molar-refractivity contribution in [3.63, 3.8) is 0 Å². The van der Waals surface area contributed by atoms with E-state index in [0.717, 1.165) is 41.7 Å². The molecule has 1 unspecified atom stereocenters. The van der Waals surface area contributed by atoms with Crippen LogP contribution < -0.4 is 5.32 Å². The zero-order chi connectivity index (χ0) is 24.2. The van der Waals surface area contributed by atoms with Crippen molar-refractivity contribution >= 4 is 23.2 Å². The first-order chi connectivity index (χ1) is 16.4. The molecule has 0 spiro atoms. The lowest BCUT2D eigenvalue weighted by molar-refractivity contribution is 0.0696. The zero-order valence-electron chi connectivity index (χ0n) is 19.2. The molecule has 1 amide bonds. The quantitative estimate of drug-likeness (QED) is 0.446. The van der Waals surface area contributed by atoms with Crippen LogP contribution in [0.3, 0.4) is 0 Å². The van der Waals surface area contributed by atoms with E-state index in [1.165, 1.54) is 29.1 Å². The van der Waals surface area contributed by atoms with Crippen molar-refractivity contribution in [2.75, 3.05) is 0 Å². The lowest BCUT2D eigenvalue weighted by atomic mass is 9.85. The minimum Gasteiger partial charge on any atom is -0.478 e. The van der Waals surface area contributed by atoms with E-state index in [-0.39, 0.29) is 23.3 Å². The third-order valence-corrected chi connectivity index (χ3v) is 7.51. The Morgan fingerprint density at radius 1 is 1.15 bits per heavy atom. The van der Waals surface area contributed by atoms with Crippen molar-refractivity contribution < 1.29 is 19.1 Å². The van der Waals surface area contributed by atoms with Gasteiger partial charge in [-0.3, -0.25) is 4.79 Å². The van der Waals surface area contributed by atoms with E-state index in [0.29, 0.717) is 17.0 Å². The molecular weight excluding hydrogens is 449 g/mol. The second kappa shape index (κ2) is 10.2. The molecule has 4 rings (SSSR count). The molecule has 2 atom stereocenters. The van der Waals surface area contributed by atoms with Crippen LogP contribution in [0.4, 0.5) is 4.39 Å². The Morgan fingerprint density at radius 3 is 2.50 bits per heavy atom. The highest BCUT2D eigenvalue weighted by atomic mass is 32.1. The fraction of sp³-hybridized carbons (Fsp3) is 0.286.